The van der Waals surface area contributed by atoms with Crippen LogP contribution < -0.4 is 5.73 Å². The lowest BCUT2D eigenvalue weighted by molar-refractivity contribution is -0.140. The molecule has 0 aliphatic carbocycles. The van der Waals surface area contributed by atoms with E-state index in [2.05, 4.69) is 4.90 Å². The molecule has 2 N–H and O–H groups in total. The molecule has 0 aromatic rings. The SMILES string of the molecule is Cl.Cl.NCCCC(=O)N1CCN(C(=O)CN2CCOCC2)CC1. The molecule has 0 saturated carbocycles. The molecule has 2 amide bonds. The predicted octanol–water partition coefficient (Wildman–Crippen LogP) is -0.428. The van der Waals surface area contributed by atoms with E-state index in [0.29, 0.717) is 58.9 Å². The van der Waals surface area contributed by atoms with Crippen molar-refractivity contribution in [1.29, 1.82) is 0 Å². The van der Waals surface area contributed by atoms with Crippen molar-refractivity contribution in [2.75, 3.05) is 65.6 Å². The van der Waals surface area contributed by atoms with Crippen LogP contribution in [0.25, 0.3) is 0 Å². The van der Waals surface area contributed by atoms with Crippen LogP contribution >= 0.6 is 24.8 Å². The summed E-state index contributed by atoms with van der Waals surface area (Å²) in [7, 11) is 0. The second-order valence-corrected chi connectivity index (χ2v) is 5.54. The standard InChI is InChI=1S/C14H26N4O3.2ClH/c15-3-1-2-13(19)17-4-6-18(7-5-17)14(20)12-16-8-10-21-11-9-16;;/h1-12,15H2;2*1H. The number of hydrogen-bond donors (Lipinski definition) is 1. The second-order valence-electron chi connectivity index (χ2n) is 5.54. The van der Waals surface area contributed by atoms with Gasteiger partial charge >= 0.3 is 0 Å². The maximum absolute atomic E-state index is 12.2. The monoisotopic (exact) mass is 370 g/mol. The lowest BCUT2D eigenvalue weighted by atomic mass is 10.2. The van der Waals surface area contributed by atoms with E-state index in [1.165, 1.54) is 0 Å². The van der Waals surface area contributed by atoms with E-state index in [4.69, 9.17) is 10.5 Å². The number of amides is 2. The molecule has 136 valence electrons. The van der Waals surface area contributed by atoms with Crippen LogP contribution in [-0.4, -0.2) is 92.1 Å². The van der Waals surface area contributed by atoms with Gasteiger partial charge in [0, 0.05) is 45.7 Å². The molecule has 9 heteroatoms. The number of nitrogens with two attached hydrogens (primary N) is 1. The zero-order valence-electron chi connectivity index (χ0n) is 13.4. The van der Waals surface area contributed by atoms with Gasteiger partial charge in [-0.3, -0.25) is 14.5 Å². The number of rotatable bonds is 5. The summed E-state index contributed by atoms with van der Waals surface area (Å²) >= 11 is 0. The third-order valence-electron chi connectivity index (χ3n) is 4.04. The maximum atomic E-state index is 12.2. The molecular formula is C14H28Cl2N4O3. The zero-order chi connectivity index (χ0) is 15.1. The van der Waals surface area contributed by atoms with Gasteiger partial charge in [-0.2, -0.15) is 0 Å². The maximum Gasteiger partial charge on any atom is 0.236 e. The van der Waals surface area contributed by atoms with Crippen molar-refractivity contribution in [3.63, 3.8) is 0 Å². The van der Waals surface area contributed by atoms with Gasteiger partial charge in [-0.05, 0) is 13.0 Å². The van der Waals surface area contributed by atoms with E-state index in [1.54, 1.807) is 0 Å². The molecule has 0 aromatic heterocycles. The second kappa shape index (κ2) is 11.9. The van der Waals surface area contributed by atoms with Crippen molar-refractivity contribution in [1.82, 2.24) is 14.7 Å². The fraction of sp³-hybridized carbons (Fsp3) is 0.857. The number of nitrogens with zero attached hydrogens (tertiary/aromatic N) is 3. The van der Waals surface area contributed by atoms with E-state index in [9.17, 15) is 9.59 Å². The molecular weight excluding hydrogens is 343 g/mol. The lowest BCUT2D eigenvalue weighted by Crippen LogP contribution is -2.53. The summed E-state index contributed by atoms with van der Waals surface area (Å²) in [5, 5.41) is 0. The van der Waals surface area contributed by atoms with Crippen molar-refractivity contribution >= 4 is 36.6 Å². The van der Waals surface area contributed by atoms with Crippen LogP contribution in [0.15, 0.2) is 0 Å². The Morgan fingerprint density at radius 1 is 0.870 bits per heavy atom. The summed E-state index contributed by atoms with van der Waals surface area (Å²) < 4.78 is 5.28. The third kappa shape index (κ3) is 7.22. The van der Waals surface area contributed by atoms with Crippen LogP contribution in [0.3, 0.4) is 0 Å². The quantitative estimate of drug-likeness (QED) is 0.710. The van der Waals surface area contributed by atoms with Crippen molar-refractivity contribution in [2.45, 2.75) is 12.8 Å². The molecule has 2 rings (SSSR count). The molecule has 23 heavy (non-hydrogen) atoms. The minimum absolute atomic E-state index is 0. The van der Waals surface area contributed by atoms with Gasteiger partial charge in [-0.1, -0.05) is 0 Å². The first-order chi connectivity index (χ1) is 10.2. The normalized spacial score (nSPS) is 18.8. The lowest BCUT2D eigenvalue weighted by Gasteiger charge is -2.36. The number of ether oxygens (including phenoxy) is 1. The van der Waals surface area contributed by atoms with Crippen LogP contribution in [0.2, 0.25) is 0 Å². The zero-order valence-corrected chi connectivity index (χ0v) is 15.1. The minimum Gasteiger partial charge on any atom is -0.379 e. The highest BCUT2D eigenvalue weighted by molar-refractivity contribution is 5.85. The summed E-state index contributed by atoms with van der Waals surface area (Å²) in [5.74, 6) is 0.312. The van der Waals surface area contributed by atoms with E-state index >= 15 is 0 Å². The van der Waals surface area contributed by atoms with E-state index < -0.39 is 0 Å². The molecule has 0 unspecified atom stereocenters. The Bertz CT molecular complexity index is 360. The molecule has 2 heterocycles. The molecule has 2 aliphatic heterocycles. The van der Waals surface area contributed by atoms with Gasteiger partial charge in [0.05, 0.1) is 19.8 Å². The van der Waals surface area contributed by atoms with Gasteiger partial charge in [0.2, 0.25) is 11.8 Å². The number of hydrogen-bond acceptors (Lipinski definition) is 5. The fourth-order valence-corrected chi connectivity index (χ4v) is 2.67. The Morgan fingerprint density at radius 3 is 1.91 bits per heavy atom. The Kier molecular flexibility index (Phi) is 11.6. The highest BCUT2D eigenvalue weighted by Gasteiger charge is 2.25. The van der Waals surface area contributed by atoms with Gasteiger partial charge in [0.25, 0.3) is 0 Å². The molecule has 2 saturated heterocycles. The molecule has 0 atom stereocenters. The Balaban J connectivity index is 0.00000242. The smallest absolute Gasteiger partial charge is 0.236 e. The molecule has 2 aliphatic rings. The van der Waals surface area contributed by atoms with Gasteiger partial charge < -0.3 is 20.3 Å². The van der Waals surface area contributed by atoms with Crippen LogP contribution in [0.1, 0.15) is 12.8 Å². The summed E-state index contributed by atoms with van der Waals surface area (Å²) in [5.41, 5.74) is 5.42. The summed E-state index contributed by atoms with van der Waals surface area (Å²) in [6.07, 6.45) is 1.24. The van der Waals surface area contributed by atoms with Crippen molar-refractivity contribution in [2.24, 2.45) is 5.73 Å². The topological polar surface area (TPSA) is 79.1 Å². The summed E-state index contributed by atoms with van der Waals surface area (Å²) in [4.78, 5) is 30.0. The number of carbonyl (C=O) groups is 2. The van der Waals surface area contributed by atoms with Gasteiger partial charge in [0.1, 0.15) is 0 Å². The number of carbonyl (C=O) groups excluding carboxylic acids is 2. The first kappa shape index (κ1) is 22.4. The molecule has 7 nitrogen and oxygen atoms in total. The highest BCUT2D eigenvalue weighted by Crippen LogP contribution is 2.06. The number of piperazine rings is 1. The Morgan fingerprint density at radius 2 is 1.39 bits per heavy atom. The van der Waals surface area contributed by atoms with E-state index in [0.717, 1.165) is 19.5 Å². The first-order valence-corrected chi connectivity index (χ1v) is 7.76. The average Bonchev–Trinajstić information content (AvgIpc) is 2.53. The third-order valence-corrected chi connectivity index (χ3v) is 4.04. The van der Waals surface area contributed by atoms with Gasteiger partial charge in [-0.25, -0.2) is 0 Å². The molecule has 0 bridgehead atoms. The van der Waals surface area contributed by atoms with Crippen molar-refractivity contribution in [3.05, 3.63) is 0 Å². The Labute approximate surface area is 150 Å². The van der Waals surface area contributed by atoms with E-state index in [-0.39, 0.29) is 36.6 Å². The number of halogens is 2. The summed E-state index contributed by atoms with van der Waals surface area (Å²) in [6.45, 7) is 6.61. The predicted molar refractivity (Wildman–Crippen MR) is 93.2 cm³/mol. The van der Waals surface area contributed by atoms with E-state index in [1.807, 2.05) is 9.80 Å². The molecule has 0 aromatic carbocycles. The van der Waals surface area contributed by atoms with Crippen LogP contribution in [0.5, 0.6) is 0 Å². The van der Waals surface area contributed by atoms with Gasteiger partial charge in [0.15, 0.2) is 0 Å². The number of morpholine rings is 1. The minimum atomic E-state index is 0. The van der Waals surface area contributed by atoms with Crippen molar-refractivity contribution in [3.8, 4) is 0 Å². The summed E-state index contributed by atoms with van der Waals surface area (Å²) in [6, 6.07) is 0. The Hall–Kier alpha value is -0.600. The highest BCUT2D eigenvalue weighted by atomic mass is 35.5. The molecule has 2 fully saturated rings. The van der Waals surface area contributed by atoms with Crippen LogP contribution in [0, 0.1) is 0 Å². The van der Waals surface area contributed by atoms with Crippen LogP contribution in [0.4, 0.5) is 0 Å². The largest absolute Gasteiger partial charge is 0.379 e. The van der Waals surface area contributed by atoms with Crippen molar-refractivity contribution < 1.29 is 14.3 Å². The average molecular weight is 371 g/mol. The van der Waals surface area contributed by atoms with Gasteiger partial charge in [-0.15, -0.1) is 24.8 Å². The fourth-order valence-electron chi connectivity index (χ4n) is 2.67. The first-order valence-electron chi connectivity index (χ1n) is 7.76. The molecule has 0 radical (unpaired) electrons. The molecule has 0 spiro atoms. The van der Waals surface area contributed by atoms with Crippen LogP contribution in [-0.2, 0) is 14.3 Å².